The van der Waals surface area contributed by atoms with Crippen molar-refractivity contribution in [3.8, 4) is 5.75 Å². The molecule has 0 saturated heterocycles. The van der Waals surface area contributed by atoms with Gasteiger partial charge in [0.15, 0.2) is 5.75 Å². The van der Waals surface area contributed by atoms with Gasteiger partial charge >= 0.3 is 0 Å². The lowest BCUT2D eigenvalue weighted by atomic mass is 10.3. The van der Waals surface area contributed by atoms with Crippen molar-refractivity contribution in [1.82, 2.24) is 5.32 Å². The van der Waals surface area contributed by atoms with E-state index in [9.17, 15) is 4.79 Å². The summed E-state index contributed by atoms with van der Waals surface area (Å²) in [6, 6.07) is 0. The Balaban J connectivity index is 3.13. The van der Waals surface area contributed by atoms with Gasteiger partial charge in [-0.15, -0.1) is 17.9 Å². The highest BCUT2D eigenvalue weighted by molar-refractivity contribution is 7.19. The average Bonchev–Trinajstić information content (AvgIpc) is 2.78. The molecule has 0 fully saturated rings. The van der Waals surface area contributed by atoms with Gasteiger partial charge in [-0.25, -0.2) is 0 Å². The molecule has 0 bridgehead atoms. The molecular formula is C14H23N3O2S. The standard InChI is InChI=1S/C14H23N3O2S/c1-5-8-16-13(18)12-10(15)11(19-4)14(20-12)17(7-3)9-6-2/h5H,1,6-9,15H2,2-4H3,(H,16,18). The molecule has 1 heterocycles. The predicted octanol–water partition coefficient (Wildman–Crippen LogP) is 2.49. The number of anilines is 2. The van der Waals surface area contributed by atoms with E-state index in [1.165, 1.54) is 11.3 Å². The maximum absolute atomic E-state index is 12.1. The number of nitrogen functional groups attached to an aromatic ring is 1. The van der Waals surface area contributed by atoms with Crippen molar-refractivity contribution < 1.29 is 9.53 Å². The van der Waals surface area contributed by atoms with Gasteiger partial charge in [0.05, 0.1) is 7.11 Å². The lowest BCUT2D eigenvalue weighted by molar-refractivity contribution is 0.0962. The highest BCUT2D eigenvalue weighted by atomic mass is 32.1. The second-order valence-electron chi connectivity index (χ2n) is 4.26. The number of nitrogens with one attached hydrogen (secondary N) is 1. The first-order chi connectivity index (χ1) is 9.60. The van der Waals surface area contributed by atoms with Crippen molar-refractivity contribution in [2.24, 2.45) is 0 Å². The summed E-state index contributed by atoms with van der Waals surface area (Å²) in [5.41, 5.74) is 6.45. The number of ether oxygens (including phenoxy) is 1. The van der Waals surface area contributed by atoms with Gasteiger partial charge in [0.1, 0.15) is 15.6 Å². The van der Waals surface area contributed by atoms with Crippen LogP contribution < -0.4 is 20.7 Å². The lowest BCUT2D eigenvalue weighted by Gasteiger charge is -2.21. The Labute approximate surface area is 124 Å². The average molecular weight is 297 g/mol. The maximum Gasteiger partial charge on any atom is 0.263 e. The van der Waals surface area contributed by atoms with E-state index in [0.717, 1.165) is 24.5 Å². The van der Waals surface area contributed by atoms with E-state index in [4.69, 9.17) is 10.5 Å². The van der Waals surface area contributed by atoms with E-state index < -0.39 is 0 Å². The van der Waals surface area contributed by atoms with Gasteiger partial charge in [-0.05, 0) is 13.3 Å². The molecule has 1 amide bonds. The first kappa shape index (κ1) is 16.4. The number of rotatable bonds is 8. The Kier molecular flexibility index (Phi) is 6.38. The van der Waals surface area contributed by atoms with Gasteiger partial charge in [0.2, 0.25) is 0 Å². The normalized spacial score (nSPS) is 10.2. The third-order valence-corrected chi connectivity index (χ3v) is 4.11. The highest BCUT2D eigenvalue weighted by Gasteiger charge is 2.24. The van der Waals surface area contributed by atoms with Crippen LogP contribution in [0.2, 0.25) is 0 Å². The van der Waals surface area contributed by atoms with Crippen molar-refractivity contribution in [2.45, 2.75) is 20.3 Å². The number of hydrogen-bond donors (Lipinski definition) is 2. The van der Waals surface area contributed by atoms with Gasteiger partial charge in [-0.2, -0.15) is 0 Å². The summed E-state index contributed by atoms with van der Waals surface area (Å²) in [5.74, 6) is 0.401. The minimum Gasteiger partial charge on any atom is -0.492 e. The summed E-state index contributed by atoms with van der Waals surface area (Å²) < 4.78 is 5.38. The molecule has 0 aliphatic rings. The quantitative estimate of drug-likeness (QED) is 0.723. The predicted molar refractivity (Wildman–Crippen MR) is 86.0 cm³/mol. The molecule has 1 rings (SSSR count). The number of amides is 1. The zero-order valence-corrected chi connectivity index (χ0v) is 13.2. The smallest absolute Gasteiger partial charge is 0.263 e. The molecule has 1 aromatic heterocycles. The molecule has 0 aliphatic heterocycles. The molecule has 0 unspecified atom stereocenters. The molecule has 112 valence electrons. The molecule has 0 saturated carbocycles. The van der Waals surface area contributed by atoms with E-state index in [1.807, 2.05) is 0 Å². The molecular weight excluding hydrogens is 274 g/mol. The van der Waals surface area contributed by atoms with Crippen molar-refractivity contribution in [2.75, 3.05) is 37.4 Å². The minimum absolute atomic E-state index is 0.190. The molecule has 0 radical (unpaired) electrons. The first-order valence-corrected chi connectivity index (χ1v) is 7.52. The Bertz CT molecular complexity index is 471. The number of carbonyl (C=O) groups is 1. The number of hydrogen-bond acceptors (Lipinski definition) is 5. The van der Waals surface area contributed by atoms with Crippen molar-refractivity contribution in [1.29, 1.82) is 0 Å². The molecule has 1 aromatic rings. The third kappa shape index (κ3) is 3.45. The summed E-state index contributed by atoms with van der Waals surface area (Å²) >= 11 is 1.37. The van der Waals surface area contributed by atoms with Gasteiger partial charge in [0.25, 0.3) is 5.91 Å². The van der Waals surface area contributed by atoms with Crippen LogP contribution in [0.5, 0.6) is 5.75 Å². The van der Waals surface area contributed by atoms with Crippen LogP contribution >= 0.6 is 11.3 Å². The van der Waals surface area contributed by atoms with Crippen LogP contribution in [-0.4, -0.2) is 32.7 Å². The fourth-order valence-corrected chi connectivity index (χ4v) is 3.11. The van der Waals surface area contributed by atoms with Gasteiger partial charge < -0.3 is 20.7 Å². The number of nitrogens with zero attached hydrogens (tertiary/aromatic N) is 1. The molecule has 0 aromatic carbocycles. The summed E-state index contributed by atoms with van der Waals surface area (Å²) in [7, 11) is 1.58. The Morgan fingerprint density at radius 1 is 1.55 bits per heavy atom. The number of thiophene rings is 1. The molecule has 0 spiro atoms. The summed E-state index contributed by atoms with van der Waals surface area (Å²) in [6.07, 6.45) is 2.65. The van der Waals surface area contributed by atoms with Crippen LogP contribution in [0.15, 0.2) is 12.7 Å². The fourth-order valence-electron chi connectivity index (χ4n) is 1.91. The van der Waals surface area contributed by atoms with E-state index in [2.05, 4.69) is 30.6 Å². The largest absolute Gasteiger partial charge is 0.492 e. The van der Waals surface area contributed by atoms with Crippen molar-refractivity contribution in [3.05, 3.63) is 17.5 Å². The van der Waals surface area contributed by atoms with Crippen LogP contribution in [0, 0.1) is 0 Å². The zero-order valence-electron chi connectivity index (χ0n) is 12.4. The summed E-state index contributed by atoms with van der Waals surface area (Å²) in [6.45, 7) is 9.93. The Hall–Kier alpha value is -1.69. The Morgan fingerprint density at radius 3 is 2.75 bits per heavy atom. The third-order valence-electron chi connectivity index (χ3n) is 2.86. The second-order valence-corrected chi connectivity index (χ2v) is 5.26. The zero-order chi connectivity index (χ0) is 15.1. The van der Waals surface area contributed by atoms with E-state index >= 15 is 0 Å². The van der Waals surface area contributed by atoms with Gasteiger partial charge in [0, 0.05) is 19.6 Å². The van der Waals surface area contributed by atoms with Crippen LogP contribution in [-0.2, 0) is 0 Å². The summed E-state index contributed by atoms with van der Waals surface area (Å²) in [4.78, 5) is 14.7. The summed E-state index contributed by atoms with van der Waals surface area (Å²) in [5, 5.41) is 3.66. The van der Waals surface area contributed by atoms with Crippen LogP contribution in [0.3, 0.4) is 0 Å². The SMILES string of the molecule is C=CCNC(=O)c1sc(N(CC)CCC)c(OC)c1N. The van der Waals surface area contributed by atoms with E-state index in [0.29, 0.717) is 22.9 Å². The lowest BCUT2D eigenvalue weighted by Crippen LogP contribution is -2.23. The molecule has 3 N–H and O–H groups in total. The number of carbonyl (C=O) groups excluding carboxylic acids is 1. The van der Waals surface area contributed by atoms with Crippen LogP contribution in [0.25, 0.3) is 0 Å². The van der Waals surface area contributed by atoms with Crippen molar-refractivity contribution >= 4 is 27.9 Å². The second kappa shape index (κ2) is 7.79. The Morgan fingerprint density at radius 2 is 2.25 bits per heavy atom. The molecule has 20 heavy (non-hydrogen) atoms. The monoisotopic (exact) mass is 297 g/mol. The molecule has 0 atom stereocenters. The fraction of sp³-hybridized carbons (Fsp3) is 0.500. The van der Waals surface area contributed by atoms with E-state index in [-0.39, 0.29) is 5.91 Å². The molecule has 6 heteroatoms. The highest BCUT2D eigenvalue weighted by Crippen LogP contribution is 2.44. The number of nitrogens with two attached hydrogens (primary N) is 1. The van der Waals surface area contributed by atoms with Crippen molar-refractivity contribution in [3.63, 3.8) is 0 Å². The van der Waals surface area contributed by atoms with E-state index in [1.54, 1.807) is 13.2 Å². The molecule has 0 aliphatic carbocycles. The maximum atomic E-state index is 12.1. The van der Waals surface area contributed by atoms with Crippen LogP contribution in [0.4, 0.5) is 10.7 Å². The first-order valence-electron chi connectivity index (χ1n) is 6.70. The number of methoxy groups -OCH3 is 1. The van der Waals surface area contributed by atoms with Crippen LogP contribution in [0.1, 0.15) is 29.9 Å². The van der Waals surface area contributed by atoms with Gasteiger partial charge in [-0.1, -0.05) is 13.0 Å². The van der Waals surface area contributed by atoms with Gasteiger partial charge in [-0.3, -0.25) is 4.79 Å². The topological polar surface area (TPSA) is 67.6 Å². The minimum atomic E-state index is -0.190. The molecule has 5 nitrogen and oxygen atoms in total.